The zero-order valence-electron chi connectivity index (χ0n) is 11.5. The molecular formula is C15H10F2IrN3O2-. The smallest absolute Gasteiger partial charge is 0.354 e. The Hall–Kier alpha value is -2.44. The molecule has 1 N–H and O–H groups in total. The van der Waals surface area contributed by atoms with E-state index in [2.05, 4.69) is 16.1 Å². The van der Waals surface area contributed by atoms with Crippen LogP contribution in [0.2, 0.25) is 0 Å². The molecule has 1 radical (unpaired) electrons. The molecule has 23 heavy (non-hydrogen) atoms. The van der Waals surface area contributed by atoms with Gasteiger partial charge in [0.25, 0.3) is 0 Å². The molecule has 0 amide bonds. The number of hydrogen-bond donors (Lipinski definition) is 1. The Morgan fingerprint density at radius 2 is 2.00 bits per heavy atom. The minimum absolute atomic E-state index is 0. The molecule has 0 bridgehead atoms. The Balaban J connectivity index is 0.000000235. The number of rotatable bonds is 2. The molecule has 0 saturated heterocycles. The molecule has 0 atom stereocenters. The number of carboxylic acid groups (broad SMARTS) is 1. The van der Waals surface area contributed by atoms with E-state index >= 15 is 0 Å². The van der Waals surface area contributed by atoms with Gasteiger partial charge in [0, 0.05) is 50.3 Å². The predicted molar refractivity (Wildman–Crippen MR) is 73.5 cm³/mol. The first-order chi connectivity index (χ1) is 10.6. The number of halogens is 2. The molecule has 0 fully saturated rings. The van der Waals surface area contributed by atoms with E-state index in [1.165, 1.54) is 23.1 Å². The standard InChI is InChI=1S/C9H5F2N2.C6H5NO2.Ir/c10-7-2-3-9(8(11)6-7)13-5-1-4-12-13;8-6(9)5-3-1-2-4-7-5;/h1-2,4-6H;1-4H,(H,8,9);/q-1;;. The van der Waals surface area contributed by atoms with Crippen molar-refractivity contribution < 1.29 is 38.8 Å². The normalized spacial score (nSPS) is 9.30. The molecule has 0 aliphatic rings. The predicted octanol–water partition coefficient (Wildman–Crippen LogP) is 2.73. The van der Waals surface area contributed by atoms with Crippen molar-refractivity contribution in [1.29, 1.82) is 0 Å². The molecule has 0 saturated carbocycles. The maximum atomic E-state index is 13.1. The summed E-state index contributed by atoms with van der Waals surface area (Å²) in [7, 11) is 0. The minimum Gasteiger partial charge on any atom is -0.477 e. The van der Waals surface area contributed by atoms with Crippen LogP contribution in [0.15, 0.2) is 55.0 Å². The number of aromatic carboxylic acids is 1. The van der Waals surface area contributed by atoms with Gasteiger partial charge in [0.2, 0.25) is 0 Å². The molecular weight excluding hydrogens is 484 g/mol. The molecule has 3 rings (SSSR count). The van der Waals surface area contributed by atoms with Crippen LogP contribution in [-0.2, 0) is 20.1 Å². The first kappa shape index (κ1) is 18.6. The van der Waals surface area contributed by atoms with Crippen molar-refractivity contribution in [2.24, 2.45) is 0 Å². The summed E-state index contributed by atoms with van der Waals surface area (Å²) in [6, 6.07) is 10.7. The molecule has 0 spiro atoms. The number of carboxylic acids is 1. The van der Waals surface area contributed by atoms with Crippen molar-refractivity contribution in [3.05, 3.63) is 78.4 Å². The summed E-state index contributed by atoms with van der Waals surface area (Å²) in [6.07, 6.45) is 4.52. The molecule has 121 valence electrons. The van der Waals surface area contributed by atoms with Crippen LogP contribution in [0.1, 0.15) is 10.5 Å². The maximum Gasteiger partial charge on any atom is 0.354 e. The topological polar surface area (TPSA) is 68.0 Å². The zero-order chi connectivity index (χ0) is 15.9. The van der Waals surface area contributed by atoms with Gasteiger partial charge in [-0.25, -0.2) is 9.78 Å². The number of hydrogen-bond acceptors (Lipinski definition) is 3. The van der Waals surface area contributed by atoms with Crippen molar-refractivity contribution in [2.45, 2.75) is 0 Å². The van der Waals surface area contributed by atoms with E-state index in [0.29, 0.717) is 0 Å². The van der Waals surface area contributed by atoms with E-state index in [-0.39, 0.29) is 31.5 Å². The van der Waals surface area contributed by atoms with Gasteiger partial charge in [-0.05, 0) is 23.9 Å². The SMILES string of the molecule is Fc1c[c-]c(-n2cccn2)c(F)c1.O=C(O)c1ccccn1.[Ir]. The summed E-state index contributed by atoms with van der Waals surface area (Å²) in [5.41, 5.74) is 0.198. The Morgan fingerprint density at radius 1 is 1.22 bits per heavy atom. The van der Waals surface area contributed by atoms with Gasteiger partial charge in [-0.1, -0.05) is 6.07 Å². The fourth-order valence-electron chi connectivity index (χ4n) is 1.50. The van der Waals surface area contributed by atoms with Crippen LogP contribution in [0.5, 0.6) is 0 Å². The van der Waals surface area contributed by atoms with Gasteiger partial charge in [-0.3, -0.25) is 13.5 Å². The Morgan fingerprint density at radius 3 is 2.48 bits per heavy atom. The van der Waals surface area contributed by atoms with Crippen molar-refractivity contribution >= 4 is 5.97 Å². The summed E-state index contributed by atoms with van der Waals surface area (Å²) in [5.74, 6) is -2.31. The Labute approximate surface area is 144 Å². The van der Waals surface area contributed by atoms with Crippen LogP contribution in [0, 0.1) is 17.7 Å². The van der Waals surface area contributed by atoms with Crippen LogP contribution < -0.4 is 0 Å². The van der Waals surface area contributed by atoms with E-state index in [1.807, 2.05) is 0 Å². The van der Waals surface area contributed by atoms with Crippen molar-refractivity contribution in [1.82, 2.24) is 14.8 Å². The van der Waals surface area contributed by atoms with Gasteiger partial charge >= 0.3 is 5.97 Å². The molecule has 1 aromatic carbocycles. The van der Waals surface area contributed by atoms with Crippen LogP contribution in [0.4, 0.5) is 8.78 Å². The fourth-order valence-corrected chi connectivity index (χ4v) is 1.50. The van der Waals surface area contributed by atoms with Gasteiger partial charge < -0.3 is 5.11 Å². The van der Waals surface area contributed by atoms with Gasteiger partial charge in [-0.15, -0.1) is 12.1 Å². The van der Waals surface area contributed by atoms with E-state index in [0.717, 1.165) is 12.1 Å². The monoisotopic (exact) mass is 495 g/mol. The van der Waals surface area contributed by atoms with Crippen molar-refractivity contribution in [3.63, 3.8) is 0 Å². The quantitative estimate of drug-likeness (QED) is 0.557. The third-order valence-corrected chi connectivity index (χ3v) is 2.46. The second-order valence-corrected chi connectivity index (χ2v) is 3.99. The molecule has 5 nitrogen and oxygen atoms in total. The molecule has 3 aromatic rings. The Bertz CT molecular complexity index is 753. The zero-order valence-corrected chi connectivity index (χ0v) is 13.9. The Kier molecular flexibility index (Phi) is 7.18. The second kappa shape index (κ2) is 8.87. The summed E-state index contributed by atoms with van der Waals surface area (Å²) in [6.45, 7) is 0. The third-order valence-electron chi connectivity index (χ3n) is 2.46. The van der Waals surface area contributed by atoms with Crippen LogP contribution in [0.3, 0.4) is 0 Å². The number of nitrogens with zero attached hydrogens (tertiary/aromatic N) is 3. The average molecular weight is 494 g/mol. The summed E-state index contributed by atoms with van der Waals surface area (Å²) >= 11 is 0. The first-order valence-electron chi connectivity index (χ1n) is 6.09. The van der Waals surface area contributed by atoms with Gasteiger partial charge in [0.1, 0.15) is 5.69 Å². The van der Waals surface area contributed by atoms with Gasteiger partial charge in [0.05, 0.1) is 0 Å². The van der Waals surface area contributed by atoms with E-state index in [4.69, 9.17) is 5.11 Å². The van der Waals surface area contributed by atoms with Crippen LogP contribution in [0.25, 0.3) is 5.69 Å². The summed E-state index contributed by atoms with van der Waals surface area (Å²) in [4.78, 5) is 13.7. The van der Waals surface area contributed by atoms with E-state index in [9.17, 15) is 13.6 Å². The van der Waals surface area contributed by atoms with Crippen molar-refractivity contribution in [3.8, 4) is 5.69 Å². The van der Waals surface area contributed by atoms with Crippen molar-refractivity contribution in [2.75, 3.05) is 0 Å². The maximum absolute atomic E-state index is 13.1. The molecule has 0 aliphatic carbocycles. The van der Waals surface area contributed by atoms with E-state index in [1.54, 1.807) is 24.4 Å². The summed E-state index contributed by atoms with van der Waals surface area (Å²) in [5, 5.41) is 12.1. The molecule has 2 aromatic heterocycles. The third kappa shape index (κ3) is 5.35. The van der Waals surface area contributed by atoms with Gasteiger partial charge in [0.15, 0.2) is 0 Å². The van der Waals surface area contributed by atoms with Gasteiger partial charge in [-0.2, -0.15) is 11.2 Å². The number of aromatic nitrogens is 3. The number of pyridine rings is 1. The largest absolute Gasteiger partial charge is 0.477 e. The summed E-state index contributed by atoms with van der Waals surface area (Å²) < 4.78 is 26.9. The first-order valence-corrected chi connectivity index (χ1v) is 6.09. The number of benzene rings is 1. The fraction of sp³-hybridized carbons (Fsp3) is 0. The molecule has 2 heterocycles. The molecule has 0 unspecified atom stereocenters. The molecule has 0 aliphatic heterocycles. The molecule has 8 heteroatoms. The number of carbonyl (C=O) groups is 1. The van der Waals surface area contributed by atoms with Crippen LogP contribution in [-0.4, -0.2) is 25.8 Å². The second-order valence-electron chi connectivity index (χ2n) is 3.99. The average Bonchev–Trinajstić information content (AvgIpc) is 3.03. The van der Waals surface area contributed by atoms with E-state index < -0.39 is 17.6 Å². The minimum atomic E-state index is -0.990. The van der Waals surface area contributed by atoms with Crippen LogP contribution >= 0.6 is 0 Å².